The van der Waals surface area contributed by atoms with Crippen LogP contribution in [0.5, 0.6) is 0 Å². The molecule has 98 valence electrons. The largest absolute Gasteiger partial charge is 0.350 e. The highest BCUT2D eigenvalue weighted by Crippen LogP contribution is 2.03. The van der Waals surface area contributed by atoms with E-state index in [0.717, 1.165) is 5.56 Å². The second kappa shape index (κ2) is 6.79. The number of carbonyl (C=O) groups excluding carboxylic acids is 2. The standard InChI is InChI=1S/C14H20N2O2/c1-10(2)13(16-11(3)17)14(18)15-9-12-7-5-4-6-8-12/h4-8,10,13H,9H2,1-3H3,(H,15,18)(H,16,17)/t13-/m0/s1. The van der Waals surface area contributed by atoms with Gasteiger partial charge in [-0.25, -0.2) is 0 Å². The van der Waals surface area contributed by atoms with Crippen molar-refractivity contribution in [1.82, 2.24) is 10.6 Å². The van der Waals surface area contributed by atoms with Crippen molar-refractivity contribution in [3.05, 3.63) is 35.9 Å². The van der Waals surface area contributed by atoms with Crippen molar-refractivity contribution in [2.75, 3.05) is 0 Å². The third-order valence-corrected chi connectivity index (χ3v) is 2.62. The summed E-state index contributed by atoms with van der Waals surface area (Å²) in [4.78, 5) is 23.0. The number of hydrogen-bond acceptors (Lipinski definition) is 2. The molecule has 0 unspecified atom stereocenters. The van der Waals surface area contributed by atoms with Crippen molar-refractivity contribution in [2.24, 2.45) is 5.92 Å². The lowest BCUT2D eigenvalue weighted by Crippen LogP contribution is -2.48. The summed E-state index contributed by atoms with van der Waals surface area (Å²) in [5.74, 6) is -0.280. The molecule has 0 aliphatic rings. The summed E-state index contributed by atoms with van der Waals surface area (Å²) >= 11 is 0. The smallest absolute Gasteiger partial charge is 0.243 e. The predicted octanol–water partition coefficient (Wildman–Crippen LogP) is 1.46. The Kier molecular flexibility index (Phi) is 5.36. The predicted molar refractivity (Wildman–Crippen MR) is 70.7 cm³/mol. The van der Waals surface area contributed by atoms with Crippen LogP contribution in [0.2, 0.25) is 0 Å². The molecule has 1 atom stereocenters. The van der Waals surface area contributed by atoms with E-state index >= 15 is 0 Å². The molecule has 0 spiro atoms. The van der Waals surface area contributed by atoms with Crippen LogP contribution in [0.3, 0.4) is 0 Å². The molecule has 0 saturated carbocycles. The molecule has 0 radical (unpaired) electrons. The SMILES string of the molecule is CC(=O)N[C@H](C(=O)NCc1ccccc1)C(C)C. The number of nitrogens with one attached hydrogen (secondary N) is 2. The second-order valence-corrected chi connectivity index (χ2v) is 4.63. The molecule has 0 heterocycles. The summed E-state index contributed by atoms with van der Waals surface area (Å²) in [7, 11) is 0. The zero-order valence-corrected chi connectivity index (χ0v) is 11.1. The maximum Gasteiger partial charge on any atom is 0.243 e. The topological polar surface area (TPSA) is 58.2 Å². The van der Waals surface area contributed by atoms with Gasteiger partial charge in [0.15, 0.2) is 0 Å². The number of amides is 2. The first-order chi connectivity index (χ1) is 8.50. The van der Waals surface area contributed by atoms with Gasteiger partial charge in [-0.2, -0.15) is 0 Å². The van der Waals surface area contributed by atoms with E-state index in [9.17, 15) is 9.59 Å². The van der Waals surface area contributed by atoms with Gasteiger partial charge in [-0.1, -0.05) is 44.2 Å². The molecule has 0 aliphatic heterocycles. The van der Waals surface area contributed by atoms with Crippen molar-refractivity contribution in [3.63, 3.8) is 0 Å². The number of hydrogen-bond donors (Lipinski definition) is 2. The Hall–Kier alpha value is -1.84. The Labute approximate surface area is 108 Å². The van der Waals surface area contributed by atoms with Crippen LogP contribution in [0.4, 0.5) is 0 Å². The lowest BCUT2D eigenvalue weighted by Gasteiger charge is -2.20. The van der Waals surface area contributed by atoms with Gasteiger partial charge in [0.05, 0.1) is 0 Å². The molecule has 0 aliphatic carbocycles. The third-order valence-electron chi connectivity index (χ3n) is 2.62. The van der Waals surface area contributed by atoms with Crippen LogP contribution >= 0.6 is 0 Å². The van der Waals surface area contributed by atoms with E-state index < -0.39 is 6.04 Å². The van der Waals surface area contributed by atoms with Crippen LogP contribution in [-0.4, -0.2) is 17.9 Å². The fourth-order valence-corrected chi connectivity index (χ4v) is 1.65. The quantitative estimate of drug-likeness (QED) is 0.829. The zero-order valence-electron chi connectivity index (χ0n) is 11.1. The average molecular weight is 248 g/mol. The van der Waals surface area contributed by atoms with Gasteiger partial charge in [0.2, 0.25) is 11.8 Å². The van der Waals surface area contributed by atoms with Crippen molar-refractivity contribution in [2.45, 2.75) is 33.4 Å². The molecule has 1 aromatic carbocycles. The minimum absolute atomic E-state index is 0.0599. The lowest BCUT2D eigenvalue weighted by atomic mass is 10.0. The third kappa shape index (κ3) is 4.57. The summed E-state index contributed by atoms with van der Waals surface area (Å²) in [6.07, 6.45) is 0. The second-order valence-electron chi connectivity index (χ2n) is 4.63. The monoisotopic (exact) mass is 248 g/mol. The van der Waals surface area contributed by atoms with E-state index in [2.05, 4.69) is 10.6 Å². The van der Waals surface area contributed by atoms with E-state index in [1.165, 1.54) is 6.92 Å². The Morgan fingerprint density at radius 3 is 2.28 bits per heavy atom. The number of carbonyl (C=O) groups is 2. The number of benzene rings is 1. The van der Waals surface area contributed by atoms with Crippen molar-refractivity contribution in [3.8, 4) is 0 Å². The van der Waals surface area contributed by atoms with E-state index in [4.69, 9.17) is 0 Å². The summed E-state index contributed by atoms with van der Waals surface area (Å²) in [5.41, 5.74) is 1.04. The van der Waals surface area contributed by atoms with Crippen LogP contribution in [0.25, 0.3) is 0 Å². The van der Waals surface area contributed by atoms with Gasteiger partial charge in [-0.3, -0.25) is 9.59 Å². The molecule has 4 heteroatoms. The molecule has 0 saturated heterocycles. The maximum atomic E-state index is 12.0. The molecule has 0 aromatic heterocycles. The minimum Gasteiger partial charge on any atom is -0.350 e. The zero-order chi connectivity index (χ0) is 13.5. The molecule has 0 bridgehead atoms. The van der Waals surface area contributed by atoms with Crippen LogP contribution in [0.15, 0.2) is 30.3 Å². The Balaban J connectivity index is 2.54. The van der Waals surface area contributed by atoms with Gasteiger partial charge >= 0.3 is 0 Å². The van der Waals surface area contributed by atoms with Crippen LogP contribution < -0.4 is 10.6 Å². The fraction of sp³-hybridized carbons (Fsp3) is 0.429. The summed E-state index contributed by atoms with van der Waals surface area (Å²) in [5, 5.41) is 5.50. The Morgan fingerprint density at radius 2 is 1.78 bits per heavy atom. The van der Waals surface area contributed by atoms with Crippen LogP contribution in [0, 0.1) is 5.92 Å². The minimum atomic E-state index is -0.480. The molecule has 0 fully saturated rings. The van der Waals surface area contributed by atoms with E-state index in [-0.39, 0.29) is 17.7 Å². The molecule has 1 aromatic rings. The van der Waals surface area contributed by atoms with Crippen molar-refractivity contribution >= 4 is 11.8 Å². The first-order valence-corrected chi connectivity index (χ1v) is 6.09. The van der Waals surface area contributed by atoms with Crippen molar-refractivity contribution in [1.29, 1.82) is 0 Å². The summed E-state index contributed by atoms with van der Waals surface area (Å²) < 4.78 is 0. The average Bonchev–Trinajstić information content (AvgIpc) is 2.34. The van der Waals surface area contributed by atoms with E-state index in [0.29, 0.717) is 6.54 Å². The highest BCUT2D eigenvalue weighted by molar-refractivity contribution is 5.86. The fourth-order valence-electron chi connectivity index (χ4n) is 1.65. The van der Waals surface area contributed by atoms with Gasteiger partial charge in [-0.05, 0) is 11.5 Å². The molecule has 18 heavy (non-hydrogen) atoms. The molecule has 4 nitrogen and oxygen atoms in total. The molecular weight excluding hydrogens is 228 g/mol. The lowest BCUT2D eigenvalue weighted by molar-refractivity contribution is -0.129. The van der Waals surface area contributed by atoms with E-state index in [1.54, 1.807) is 0 Å². The van der Waals surface area contributed by atoms with Gasteiger partial charge in [0.1, 0.15) is 6.04 Å². The van der Waals surface area contributed by atoms with Crippen LogP contribution in [0.1, 0.15) is 26.3 Å². The molecule has 2 N–H and O–H groups in total. The van der Waals surface area contributed by atoms with Crippen LogP contribution in [-0.2, 0) is 16.1 Å². The maximum absolute atomic E-state index is 12.0. The normalized spacial score (nSPS) is 12.0. The summed E-state index contributed by atoms with van der Waals surface area (Å²) in [6, 6.07) is 9.20. The van der Waals surface area contributed by atoms with Gasteiger partial charge < -0.3 is 10.6 Å². The summed E-state index contributed by atoms with van der Waals surface area (Å²) in [6.45, 7) is 5.70. The van der Waals surface area contributed by atoms with Gasteiger partial charge in [0, 0.05) is 13.5 Å². The van der Waals surface area contributed by atoms with Gasteiger partial charge in [0.25, 0.3) is 0 Å². The highest BCUT2D eigenvalue weighted by Gasteiger charge is 2.22. The molecule has 2 amide bonds. The van der Waals surface area contributed by atoms with E-state index in [1.807, 2.05) is 44.2 Å². The van der Waals surface area contributed by atoms with Gasteiger partial charge in [-0.15, -0.1) is 0 Å². The van der Waals surface area contributed by atoms with Crippen molar-refractivity contribution < 1.29 is 9.59 Å². The Bertz CT molecular complexity index is 402. The first-order valence-electron chi connectivity index (χ1n) is 6.09. The molecular formula is C14H20N2O2. The first kappa shape index (κ1) is 14.2. The Morgan fingerprint density at radius 1 is 1.17 bits per heavy atom. The highest BCUT2D eigenvalue weighted by atomic mass is 16.2. The molecule has 1 rings (SSSR count). The number of rotatable bonds is 5.